The van der Waals surface area contributed by atoms with Gasteiger partial charge in [-0.2, -0.15) is 0 Å². The predicted molar refractivity (Wildman–Crippen MR) is 186 cm³/mol. The molecule has 0 saturated carbocycles. The third-order valence-electron chi connectivity index (χ3n) is 9.33. The molecule has 3 aromatic rings. The summed E-state index contributed by atoms with van der Waals surface area (Å²) in [6, 6.07) is 24.2. The Morgan fingerprint density at radius 3 is 1.69 bits per heavy atom. The molecule has 0 bridgehead atoms. The lowest BCUT2D eigenvalue weighted by molar-refractivity contribution is 0.00578. The van der Waals surface area contributed by atoms with E-state index in [1.54, 1.807) is 0 Å². The van der Waals surface area contributed by atoms with E-state index in [2.05, 4.69) is 117 Å². The first kappa shape index (κ1) is 33.0. The summed E-state index contributed by atoms with van der Waals surface area (Å²) in [6.45, 7) is 10.8. The highest BCUT2D eigenvalue weighted by Crippen LogP contribution is 2.38. The number of benzene rings is 3. The van der Waals surface area contributed by atoms with Crippen molar-refractivity contribution in [2.24, 2.45) is 0 Å². The number of hydrogen-bond donors (Lipinski definition) is 0. The molecule has 1 aliphatic rings. The predicted octanol–water partition coefficient (Wildman–Crippen LogP) is 11.3. The first-order valence-electron chi connectivity index (χ1n) is 16.6. The molecule has 0 amide bonds. The van der Waals surface area contributed by atoms with Crippen LogP contribution in [0.5, 0.6) is 0 Å². The molecular weight excluding hydrogens is 579 g/mol. The second kappa shape index (κ2) is 15.7. The zero-order valence-corrected chi connectivity index (χ0v) is 28.4. The highest BCUT2D eigenvalue weighted by Gasteiger charge is 2.52. The van der Waals surface area contributed by atoms with Crippen molar-refractivity contribution in [3.8, 4) is 22.3 Å². The molecule has 4 heteroatoms. The molecule has 0 spiro atoms. The maximum Gasteiger partial charge on any atom is 0.495 e. The van der Waals surface area contributed by atoms with Crippen LogP contribution in [-0.2, 0) is 15.7 Å². The van der Waals surface area contributed by atoms with Crippen LogP contribution in [0.1, 0.15) is 117 Å². The number of rotatable bonds is 16. The summed E-state index contributed by atoms with van der Waals surface area (Å²) < 4.78 is 14.2. The quantitative estimate of drug-likeness (QED) is 0.116. The molecule has 0 unspecified atom stereocenters. The number of hydrogen-bond acceptors (Lipinski definition) is 2. The lowest BCUT2D eigenvalue weighted by Gasteiger charge is -2.32. The summed E-state index contributed by atoms with van der Waals surface area (Å²) >= 11 is 3.74. The molecule has 1 fully saturated rings. The van der Waals surface area contributed by atoms with Gasteiger partial charge in [0.15, 0.2) is 0 Å². The van der Waals surface area contributed by atoms with Crippen LogP contribution >= 0.6 is 15.9 Å². The van der Waals surface area contributed by atoms with Gasteiger partial charge in [0.1, 0.15) is 0 Å². The number of aryl methyl sites for hydroxylation is 1. The Hall–Kier alpha value is -1.88. The average molecular weight is 632 g/mol. The lowest BCUT2D eigenvalue weighted by Crippen LogP contribution is -2.41. The largest absolute Gasteiger partial charge is 0.495 e. The van der Waals surface area contributed by atoms with Crippen LogP contribution in [0.15, 0.2) is 71.2 Å². The van der Waals surface area contributed by atoms with Gasteiger partial charge in [-0.05, 0) is 79.9 Å². The van der Waals surface area contributed by atoms with Gasteiger partial charge in [-0.3, -0.25) is 0 Å². The van der Waals surface area contributed by atoms with E-state index in [0.717, 1.165) is 21.9 Å². The molecule has 4 rings (SSSR count). The molecule has 0 atom stereocenters. The van der Waals surface area contributed by atoms with Gasteiger partial charge in [-0.25, -0.2) is 0 Å². The third kappa shape index (κ3) is 8.83. The summed E-state index contributed by atoms with van der Waals surface area (Å²) in [5, 5.41) is 0. The Morgan fingerprint density at radius 2 is 1.12 bits per heavy atom. The van der Waals surface area contributed by atoms with Crippen molar-refractivity contribution in [2.75, 3.05) is 0 Å². The summed E-state index contributed by atoms with van der Waals surface area (Å²) in [6.07, 6.45) is 17.8. The molecule has 0 N–H and O–H groups in total. The maximum absolute atomic E-state index is 6.55. The first-order valence-corrected chi connectivity index (χ1v) is 17.3. The van der Waals surface area contributed by atoms with Gasteiger partial charge in [0.05, 0.1) is 11.2 Å². The Balaban J connectivity index is 1.36. The van der Waals surface area contributed by atoms with Crippen molar-refractivity contribution in [1.82, 2.24) is 0 Å². The van der Waals surface area contributed by atoms with Crippen molar-refractivity contribution < 1.29 is 9.31 Å². The SMILES string of the molecule is CCCCCCCCCCCCCCc1ccc(-c2ccc(-c3ccccc3Br)cc2B2OC(C)(C)C(C)(C)O2)cc1. The van der Waals surface area contributed by atoms with E-state index in [-0.39, 0.29) is 0 Å². The van der Waals surface area contributed by atoms with Crippen LogP contribution in [0.3, 0.4) is 0 Å². The van der Waals surface area contributed by atoms with Gasteiger partial charge in [0, 0.05) is 4.47 Å². The van der Waals surface area contributed by atoms with E-state index in [1.165, 1.54) is 99.3 Å². The second-order valence-corrected chi connectivity index (χ2v) is 14.1. The summed E-state index contributed by atoms with van der Waals surface area (Å²) in [5.74, 6) is 0. The second-order valence-electron chi connectivity index (χ2n) is 13.2. The maximum atomic E-state index is 6.55. The van der Waals surface area contributed by atoms with Gasteiger partial charge in [-0.1, -0.05) is 154 Å². The fourth-order valence-electron chi connectivity index (χ4n) is 5.87. The van der Waals surface area contributed by atoms with Crippen LogP contribution in [0.4, 0.5) is 0 Å². The van der Waals surface area contributed by atoms with Gasteiger partial charge in [0.25, 0.3) is 0 Å². The van der Waals surface area contributed by atoms with Gasteiger partial charge >= 0.3 is 7.12 Å². The van der Waals surface area contributed by atoms with E-state index in [4.69, 9.17) is 9.31 Å². The lowest BCUT2D eigenvalue weighted by atomic mass is 9.73. The topological polar surface area (TPSA) is 18.5 Å². The molecule has 1 saturated heterocycles. The third-order valence-corrected chi connectivity index (χ3v) is 10.0. The molecule has 0 radical (unpaired) electrons. The zero-order chi connectivity index (χ0) is 30.0. The number of unbranched alkanes of at least 4 members (excludes halogenated alkanes) is 11. The van der Waals surface area contributed by atoms with Crippen molar-refractivity contribution in [3.05, 3.63) is 76.8 Å². The Morgan fingerprint density at radius 1 is 0.595 bits per heavy atom. The van der Waals surface area contributed by atoms with Gasteiger partial charge < -0.3 is 9.31 Å². The van der Waals surface area contributed by atoms with E-state index in [0.29, 0.717) is 0 Å². The normalized spacial score (nSPS) is 15.8. The van der Waals surface area contributed by atoms with Gasteiger partial charge in [0.2, 0.25) is 0 Å². The molecule has 0 aromatic heterocycles. The molecule has 226 valence electrons. The molecule has 42 heavy (non-hydrogen) atoms. The van der Waals surface area contributed by atoms with E-state index < -0.39 is 18.3 Å². The molecule has 1 heterocycles. The molecule has 0 aliphatic carbocycles. The smallest absolute Gasteiger partial charge is 0.399 e. The van der Waals surface area contributed by atoms with Crippen molar-refractivity contribution in [3.63, 3.8) is 0 Å². The van der Waals surface area contributed by atoms with Crippen LogP contribution in [0, 0.1) is 0 Å². The van der Waals surface area contributed by atoms with E-state index in [9.17, 15) is 0 Å². The summed E-state index contributed by atoms with van der Waals surface area (Å²) in [4.78, 5) is 0. The Bertz CT molecular complexity index is 1230. The van der Waals surface area contributed by atoms with Crippen LogP contribution in [-0.4, -0.2) is 18.3 Å². The van der Waals surface area contributed by atoms with E-state index >= 15 is 0 Å². The van der Waals surface area contributed by atoms with Crippen LogP contribution in [0.2, 0.25) is 0 Å². The monoisotopic (exact) mass is 630 g/mol. The summed E-state index contributed by atoms with van der Waals surface area (Å²) in [5.41, 5.74) is 6.41. The van der Waals surface area contributed by atoms with Crippen LogP contribution in [0.25, 0.3) is 22.3 Å². The average Bonchev–Trinajstić information content (AvgIpc) is 3.20. The Kier molecular flexibility index (Phi) is 12.4. The summed E-state index contributed by atoms with van der Waals surface area (Å²) in [7, 11) is -0.423. The van der Waals surface area contributed by atoms with Crippen molar-refractivity contribution in [2.45, 2.75) is 129 Å². The van der Waals surface area contributed by atoms with Gasteiger partial charge in [-0.15, -0.1) is 0 Å². The Labute approximate surface area is 265 Å². The zero-order valence-electron chi connectivity index (χ0n) is 26.8. The van der Waals surface area contributed by atoms with Crippen molar-refractivity contribution in [1.29, 1.82) is 0 Å². The number of halogens is 1. The van der Waals surface area contributed by atoms with Crippen molar-refractivity contribution >= 4 is 28.5 Å². The highest BCUT2D eigenvalue weighted by molar-refractivity contribution is 9.10. The fraction of sp³-hybridized carbons (Fsp3) is 0.526. The molecule has 3 aromatic carbocycles. The fourth-order valence-corrected chi connectivity index (χ4v) is 6.39. The molecule has 1 aliphatic heterocycles. The highest BCUT2D eigenvalue weighted by atomic mass is 79.9. The molecule has 2 nitrogen and oxygen atoms in total. The standard InChI is InChI=1S/C38H52BBrO2/c1-6-7-8-9-10-11-12-13-14-15-16-17-20-30-23-25-31(26-24-30)33-28-27-32(34-21-18-19-22-36(34)40)29-35(33)39-41-37(2,3)38(4,5)42-39/h18-19,21-29H,6-17,20H2,1-5H3. The minimum atomic E-state index is -0.423. The first-order chi connectivity index (χ1) is 20.2. The molecular formula is C38H52BBrO2. The van der Waals surface area contributed by atoms with Crippen LogP contribution < -0.4 is 5.46 Å². The minimum Gasteiger partial charge on any atom is -0.399 e. The van der Waals surface area contributed by atoms with E-state index in [1.807, 2.05) is 0 Å². The minimum absolute atomic E-state index is 0.392.